The van der Waals surface area contributed by atoms with Gasteiger partial charge in [0.1, 0.15) is 23.0 Å². The van der Waals surface area contributed by atoms with Gasteiger partial charge in [-0.2, -0.15) is 5.26 Å². The molecule has 5 aromatic rings. The topological polar surface area (TPSA) is 129 Å². The summed E-state index contributed by atoms with van der Waals surface area (Å²) >= 11 is 3.03. The quantitative estimate of drug-likeness (QED) is 0.173. The van der Waals surface area contributed by atoms with Gasteiger partial charge in [-0.05, 0) is 68.4 Å². The molecule has 0 unspecified atom stereocenters. The van der Waals surface area contributed by atoms with Crippen LogP contribution in [-0.4, -0.2) is 54.5 Å². The first kappa shape index (κ1) is 30.9. The highest BCUT2D eigenvalue weighted by atomic mass is 32.2. The van der Waals surface area contributed by atoms with Gasteiger partial charge in [0, 0.05) is 28.3 Å². The summed E-state index contributed by atoms with van der Waals surface area (Å²) in [6.45, 7) is 7.05. The standard InChI is InChI=1S/C34H30FN7O3S2/c1-2-24-29(46-19-37-24)16-42-27-14-22(34(43)44)6-7-26(27)38-30(42)17-41-10-8-21(9-11-41)25-4-3-5-31(39-25)45-18-32-40-33-23(35)12-20(15-36)13-28(33)47-32/h2-7,12-14,21,37H,1,8-11,16-19H2,(H,43,44). The van der Waals surface area contributed by atoms with Crippen molar-refractivity contribution in [2.45, 2.75) is 38.5 Å². The van der Waals surface area contributed by atoms with Gasteiger partial charge in [-0.3, -0.25) is 4.90 Å². The molecule has 0 aliphatic carbocycles. The average Bonchev–Trinajstić information content (AvgIpc) is 3.81. The van der Waals surface area contributed by atoms with E-state index in [1.54, 1.807) is 36.0 Å². The second kappa shape index (κ2) is 13.2. The second-order valence-corrected chi connectivity index (χ2v) is 13.6. The molecule has 3 aromatic heterocycles. The number of fused-ring (bicyclic) bond motifs is 2. The van der Waals surface area contributed by atoms with Crippen LogP contribution in [0.4, 0.5) is 4.39 Å². The van der Waals surface area contributed by atoms with Crippen molar-refractivity contribution >= 4 is 50.3 Å². The van der Waals surface area contributed by atoms with Crippen LogP contribution in [0, 0.1) is 17.1 Å². The van der Waals surface area contributed by atoms with E-state index >= 15 is 0 Å². The number of nitrogens with zero attached hydrogens (tertiary/aromatic N) is 6. The first-order chi connectivity index (χ1) is 22.9. The second-order valence-electron chi connectivity index (χ2n) is 11.4. The molecule has 5 heterocycles. The van der Waals surface area contributed by atoms with Gasteiger partial charge in [-0.15, -0.1) is 23.1 Å². The molecule has 2 aliphatic heterocycles. The van der Waals surface area contributed by atoms with Gasteiger partial charge in [0.2, 0.25) is 5.88 Å². The average molecular weight is 668 g/mol. The number of nitrogens with one attached hydrogen (secondary N) is 1. The molecule has 7 rings (SSSR count). The number of hydrogen-bond donors (Lipinski definition) is 2. The van der Waals surface area contributed by atoms with E-state index in [-0.39, 0.29) is 29.2 Å². The highest BCUT2D eigenvalue weighted by molar-refractivity contribution is 8.03. The van der Waals surface area contributed by atoms with Gasteiger partial charge >= 0.3 is 5.97 Å². The van der Waals surface area contributed by atoms with Crippen LogP contribution in [0.1, 0.15) is 51.2 Å². The molecule has 0 saturated carbocycles. The number of imidazole rings is 1. The smallest absolute Gasteiger partial charge is 0.335 e. The summed E-state index contributed by atoms with van der Waals surface area (Å²) in [6.07, 6.45) is 3.66. The number of carbonyl (C=O) groups is 1. The number of aromatic carboxylic acids is 1. The Morgan fingerprint density at radius 3 is 2.81 bits per heavy atom. The number of carboxylic acid groups (broad SMARTS) is 1. The van der Waals surface area contributed by atoms with Crippen molar-refractivity contribution in [2.24, 2.45) is 0 Å². The van der Waals surface area contributed by atoms with Crippen LogP contribution in [0.25, 0.3) is 21.3 Å². The summed E-state index contributed by atoms with van der Waals surface area (Å²) in [5.41, 5.74) is 4.31. The van der Waals surface area contributed by atoms with Crippen LogP contribution in [0.3, 0.4) is 0 Å². The molecule has 238 valence electrons. The summed E-state index contributed by atoms with van der Waals surface area (Å²) < 4.78 is 23.1. The lowest BCUT2D eigenvalue weighted by Gasteiger charge is -2.31. The number of thiazole rings is 1. The molecule has 1 fully saturated rings. The number of nitriles is 1. The summed E-state index contributed by atoms with van der Waals surface area (Å²) in [4.78, 5) is 29.4. The van der Waals surface area contributed by atoms with Crippen LogP contribution in [0.2, 0.25) is 0 Å². The van der Waals surface area contributed by atoms with Gasteiger partial charge in [0.05, 0.1) is 51.9 Å². The van der Waals surface area contributed by atoms with E-state index in [0.717, 1.165) is 65.0 Å². The molecule has 2 aliphatic rings. The number of ether oxygens (including phenoxy) is 1. The summed E-state index contributed by atoms with van der Waals surface area (Å²) in [7, 11) is 0. The first-order valence-corrected chi connectivity index (χ1v) is 16.9. The molecule has 2 N–H and O–H groups in total. The molecule has 10 nitrogen and oxygen atoms in total. The Kier molecular flexibility index (Phi) is 8.64. The highest BCUT2D eigenvalue weighted by Gasteiger charge is 2.25. The number of aromatic nitrogens is 4. The number of piperidine rings is 1. The third kappa shape index (κ3) is 6.44. The molecule has 13 heteroatoms. The predicted molar refractivity (Wildman–Crippen MR) is 180 cm³/mol. The van der Waals surface area contributed by atoms with E-state index < -0.39 is 11.8 Å². The fourth-order valence-corrected chi connectivity index (χ4v) is 7.93. The van der Waals surface area contributed by atoms with Crippen molar-refractivity contribution in [1.82, 2.24) is 29.7 Å². The molecular weight excluding hydrogens is 638 g/mol. The van der Waals surface area contributed by atoms with Gasteiger partial charge in [0.15, 0.2) is 5.82 Å². The fraction of sp³-hybridized carbons (Fsp3) is 0.265. The third-order valence-corrected chi connectivity index (χ3v) is 10.4. The van der Waals surface area contributed by atoms with Crippen LogP contribution < -0.4 is 10.1 Å². The van der Waals surface area contributed by atoms with Crippen LogP contribution in [0.5, 0.6) is 5.88 Å². The molecule has 0 atom stereocenters. The molecule has 0 radical (unpaired) electrons. The Morgan fingerprint density at radius 1 is 1.17 bits per heavy atom. The van der Waals surface area contributed by atoms with E-state index in [2.05, 4.69) is 26.3 Å². The number of benzene rings is 2. The Bertz CT molecular complexity index is 2090. The Hall–Kier alpha value is -4.77. The summed E-state index contributed by atoms with van der Waals surface area (Å²) in [6, 6.07) is 15.7. The molecular formula is C34H30FN7O3S2. The Morgan fingerprint density at radius 2 is 2.02 bits per heavy atom. The zero-order valence-electron chi connectivity index (χ0n) is 25.3. The lowest BCUT2D eigenvalue weighted by Crippen LogP contribution is -2.33. The number of hydrogen-bond acceptors (Lipinski definition) is 10. The van der Waals surface area contributed by atoms with Crippen molar-refractivity contribution in [2.75, 3.05) is 19.0 Å². The fourth-order valence-electron chi connectivity index (χ4n) is 6.06. The van der Waals surface area contributed by atoms with Crippen molar-refractivity contribution in [1.29, 1.82) is 5.26 Å². The number of pyridine rings is 1. The molecule has 2 aromatic carbocycles. The molecule has 1 saturated heterocycles. The lowest BCUT2D eigenvalue weighted by molar-refractivity contribution is 0.0697. The van der Waals surface area contributed by atoms with Crippen molar-refractivity contribution in [3.05, 3.63) is 105 Å². The van der Waals surface area contributed by atoms with Crippen molar-refractivity contribution < 1.29 is 19.0 Å². The van der Waals surface area contributed by atoms with E-state index in [1.165, 1.54) is 17.4 Å². The Labute approximate surface area is 278 Å². The van der Waals surface area contributed by atoms with Crippen LogP contribution in [-0.2, 0) is 19.7 Å². The maximum absolute atomic E-state index is 14.3. The monoisotopic (exact) mass is 667 g/mol. The minimum Gasteiger partial charge on any atom is -0.478 e. The SMILES string of the molecule is C=CC1=C(Cn2c(CN3CCC(c4cccc(OCc5nc6c(F)cc(C#N)cc6s5)n4)CC3)nc3ccc(C(=O)O)cc32)SCN1. The lowest BCUT2D eigenvalue weighted by atomic mass is 9.93. The Balaban J connectivity index is 1.02. The molecule has 0 amide bonds. The van der Waals surface area contributed by atoms with Crippen LogP contribution in [0.15, 0.2) is 71.8 Å². The largest absolute Gasteiger partial charge is 0.478 e. The number of thioether (sulfide) groups is 1. The zero-order valence-corrected chi connectivity index (χ0v) is 26.9. The van der Waals surface area contributed by atoms with E-state index in [1.807, 2.05) is 30.3 Å². The normalized spacial score (nSPS) is 15.7. The first-order valence-electron chi connectivity index (χ1n) is 15.1. The van der Waals surface area contributed by atoms with Gasteiger partial charge in [-0.1, -0.05) is 12.6 Å². The van der Waals surface area contributed by atoms with Crippen molar-refractivity contribution in [3.63, 3.8) is 0 Å². The van der Waals surface area contributed by atoms with E-state index in [0.29, 0.717) is 28.7 Å². The molecule has 47 heavy (non-hydrogen) atoms. The van der Waals surface area contributed by atoms with Gasteiger partial charge in [0.25, 0.3) is 0 Å². The maximum atomic E-state index is 14.3. The van der Waals surface area contributed by atoms with Gasteiger partial charge < -0.3 is 19.7 Å². The molecule has 0 spiro atoms. The highest BCUT2D eigenvalue weighted by Crippen LogP contribution is 2.32. The van der Waals surface area contributed by atoms with E-state index in [9.17, 15) is 14.3 Å². The van der Waals surface area contributed by atoms with Crippen molar-refractivity contribution in [3.8, 4) is 11.9 Å². The number of rotatable bonds is 10. The number of allylic oxidation sites excluding steroid dienone is 2. The maximum Gasteiger partial charge on any atom is 0.335 e. The molecule has 0 bridgehead atoms. The number of halogens is 1. The zero-order chi connectivity index (χ0) is 32.5. The number of likely N-dealkylation sites (tertiary alicyclic amines) is 1. The summed E-state index contributed by atoms with van der Waals surface area (Å²) in [5, 5.41) is 22.7. The van der Waals surface area contributed by atoms with E-state index in [4.69, 9.17) is 20.0 Å². The number of carboxylic acids is 1. The summed E-state index contributed by atoms with van der Waals surface area (Å²) in [5.74, 6) is 0.965. The van der Waals surface area contributed by atoms with Gasteiger partial charge in [-0.25, -0.2) is 24.1 Å². The predicted octanol–water partition coefficient (Wildman–Crippen LogP) is 6.40. The minimum atomic E-state index is -0.962. The third-order valence-electron chi connectivity index (χ3n) is 8.47. The minimum absolute atomic E-state index is 0.157. The van der Waals surface area contributed by atoms with Crippen LogP contribution >= 0.6 is 23.1 Å².